The quantitative estimate of drug-likeness (QED) is 0.436. The lowest BCUT2D eigenvalue weighted by atomic mass is 10.1. The first-order valence-corrected chi connectivity index (χ1v) is 8.29. The number of hydrogen-bond donors (Lipinski definition) is 0. The van der Waals surface area contributed by atoms with Crippen molar-refractivity contribution in [2.75, 3.05) is 0 Å². The van der Waals surface area contributed by atoms with Crippen LogP contribution in [0.25, 0.3) is 33.6 Å². The molecule has 0 aliphatic carbocycles. The summed E-state index contributed by atoms with van der Waals surface area (Å²) in [5.74, 6) is 0. The van der Waals surface area contributed by atoms with E-state index >= 15 is 0 Å². The van der Waals surface area contributed by atoms with E-state index in [-0.39, 0.29) is 0 Å². The van der Waals surface area contributed by atoms with E-state index in [0.717, 1.165) is 23.3 Å². The molecule has 0 saturated carbocycles. The smallest absolute Gasteiger partial charge is 0.260 e. The first kappa shape index (κ1) is 12.9. The van der Waals surface area contributed by atoms with Crippen molar-refractivity contribution >= 4 is 16.7 Å². The molecule has 5 aromatic rings. The molecule has 0 N–H and O–H groups in total. The Morgan fingerprint density at radius 3 is 2.64 bits per heavy atom. The van der Waals surface area contributed by atoms with Gasteiger partial charge >= 0.3 is 0 Å². The lowest BCUT2D eigenvalue weighted by Crippen LogP contribution is -2.29. The van der Waals surface area contributed by atoms with Gasteiger partial charge in [0.05, 0.1) is 6.20 Å². The van der Waals surface area contributed by atoms with Gasteiger partial charge in [0.1, 0.15) is 12.1 Å². The van der Waals surface area contributed by atoms with Crippen molar-refractivity contribution in [2.24, 2.45) is 0 Å². The van der Waals surface area contributed by atoms with Crippen molar-refractivity contribution in [3.8, 4) is 16.9 Å². The molecule has 0 bridgehead atoms. The fourth-order valence-corrected chi connectivity index (χ4v) is 3.95. The SMILES string of the molecule is c1ccc(-n2c3ccncc3n3c[n+]4c(c23)-c2ccncc2C4)cc1. The fraction of sp³-hybridized carbons (Fsp3) is 0.0500. The largest absolute Gasteiger partial charge is 0.269 e. The van der Waals surface area contributed by atoms with E-state index in [9.17, 15) is 0 Å². The Bertz CT molecular complexity index is 1260. The number of pyridine rings is 2. The van der Waals surface area contributed by atoms with Gasteiger partial charge in [0.2, 0.25) is 5.69 Å². The maximum absolute atomic E-state index is 4.34. The van der Waals surface area contributed by atoms with Crippen LogP contribution >= 0.6 is 0 Å². The molecule has 0 atom stereocenters. The standard InChI is InChI=1S/C20H14N5/c1-2-4-15(5-3-1)25-17-7-9-22-11-18(17)24-13-23-12-14-10-21-8-6-16(14)19(23)20(24)25/h1-11,13H,12H2/q+1. The van der Waals surface area contributed by atoms with Crippen LogP contribution in [0.5, 0.6) is 0 Å². The van der Waals surface area contributed by atoms with E-state index in [2.05, 4.69) is 66.2 Å². The number of rotatable bonds is 1. The summed E-state index contributed by atoms with van der Waals surface area (Å²) < 4.78 is 6.86. The molecular weight excluding hydrogens is 310 g/mol. The molecule has 0 fully saturated rings. The van der Waals surface area contributed by atoms with Gasteiger partial charge in [-0.05, 0) is 24.3 Å². The highest BCUT2D eigenvalue weighted by Gasteiger charge is 2.33. The van der Waals surface area contributed by atoms with Crippen molar-refractivity contribution in [2.45, 2.75) is 6.54 Å². The molecular formula is C20H14N5+. The summed E-state index contributed by atoms with van der Waals surface area (Å²) in [5, 5.41) is 0. The maximum Gasteiger partial charge on any atom is 0.260 e. The van der Waals surface area contributed by atoms with E-state index in [4.69, 9.17) is 0 Å². The number of benzene rings is 1. The number of nitrogens with zero attached hydrogens (tertiary/aromatic N) is 5. The molecule has 0 saturated heterocycles. The molecule has 118 valence electrons. The first-order chi connectivity index (χ1) is 12.4. The number of fused-ring (bicyclic) bond motifs is 7. The molecule has 5 nitrogen and oxygen atoms in total. The van der Waals surface area contributed by atoms with Gasteiger partial charge in [0.15, 0.2) is 5.52 Å². The summed E-state index contributed by atoms with van der Waals surface area (Å²) in [7, 11) is 0. The summed E-state index contributed by atoms with van der Waals surface area (Å²) in [4.78, 5) is 8.63. The minimum Gasteiger partial charge on any atom is -0.269 e. The van der Waals surface area contributed by atoms with Gasteiger partial charge in [-0.15, -0.1) is 0 Å². The number of aromatic nitrogens is 5. The monoisotopic (exact) mass is 324 g/mol. The van der Waals surface area contributed by atoms with Gasteiger partial charge in [-0.2, -0.15) is 4.40 Å². The Morgan fingerprint density at radius 1 is 0.880 bits per heavy atom. The summed E-state index contributed by atoms with van der Waals surface area (Å²) in [6, 6.07) is 14.7. The number of imidazole rings is 2. The van der Waals surface area contributed by atoms with E-state index < -0.39 is 0 Å². The third kappa shape index (κ3) is 1.59. The van der Waals surface area contributed by atoms with Crippen LogP contribution in [0.1, 0.15) is 5.56 Å². The van der Waals surface area contributed by atoms with E-state index in [1.54, 1.807) is 0 Å². The second-order valence-electron chi connectivity index (χ2n) is 6.35. The third-order valence-electron chi connectivity index (χ3n) is 4.99. The minimum absolute atomic E-state index is 0.858. The molecule has 25 heavy (non-hydrogen) atoms. The third-order valence-corrected chi connectivity index (χ3v) is 4.99. The van der Waals surface area contributed by atoms with Crippen molar-refractivity contribution in [3.05, 3.63) is 79.1 Å². The average Bonchev–Trinajstić information content (AvgIpc) is 3.29. The molecule has 5 heterocycles. The second-order valence-corrected chi connectivity index (χ2v) is 6.35. The van der Waals surface area contributed by atoms with Crippen LogP contribution in [0.2, 0.25) is 0 Å². The number of hydrogen-bond acceptors (Lipinski definition) is 2. The predicted octanol–water partition coefficient (Wildman–Crippen LogP) is 2.99. The Balaban J connectivity index is 1.84. The normalized spacial score (nSPS) is 12.6. The van der Waals surface area contributed by atoms with Crippen LogP contribution < -0.4 is 4.57 Å². The fourth-order valence-electron chi connectivity index (χ4n) is 3.95. The summed E-state index contributed by atoms with van der Waals surface area (Å²) in [6.45, 7) is 0.858. The molecule has 1 aliphatic heterocycles. The predicted molar refractivity (Wildman–Crippen MR) is 94.6 cm³/mol. The molecule has 4 aromatic heterocycles. The topological polar surface area (TPSA) is 39.0 Å². The van der Waals surface area contributed by atoms with Crippen LogP contribution in [0.3, 0.4) is 0 Å². The van der Waals surface area contributed by atoms with Crippen molar-refractivity contribution in [1.82, 2.24) is 18.9 Å². The molecule has 1 aliphatic rings. The zero-order valence-electron chi connectivity index (χ0n) is 13.4. The van der Waals surface area contributed by atoms with Gasteiger partial charge in [-0.1, -0.05) is 18.2 Å². The van der Waals surface area contributed by atoms with Gasteiger partial charge in [-0.3, -0.25) is 14.5 Å². The lowest BCUT2D eigenvalue weighted by molar-refractivity contribution is -0.671. The molecule has 0 spiro atoms. The van der Waals surface area contributed by atoms with Gasteiger partial charge in [0.25, 0.3) is 12.0 Å². The summed E-state index contributed by atoms with van der Waals surface area (Å²) in [6.07, 6.45) is 9.80. The van der Waals surface area contributed by atoms with E-state index in [1.807, 2.05) is 30.9 Å². The molecule has 0 radical (unpaired) electrons. The molecule has 0 amide bonds. The molecule has 1 aromatic carbocycles. The Hall–Kier alpha value is -3.47. The Morgan fingerprint density at radius 2 is 1.72 bits per heavy atom. The van der Waals surface area contributed by atoms with Gasteiger partial charge in [0, 0.05) is 35.4 Å². The Labute approximate surface area is 143 Å². The van der Waals surface area contributed by atoms with Crippen molar-refractivity contribution in [1.29, 1.82) is 0 Å². The average molecular weight is 324 g/mol. The highest BCUT2D eigenvalue weighted by Crippen LogP contribution is 2.34. The van der Waals surface area contributed by atoms with Gasteiger partial charge < -0.3 is 0 Å². The molecule has 6 rings (SSSR count). The molecule has 5 heteroatoms. The summed E-state index contributed by atoms with van der Waals surface area (Å²) >= 11 is 0. The first-order valence-electron chi connectivity index (χ1n) is 8.29. The van der Waals surface area contributed by atoms with Crippen LogP contribution in [0.4, 0.5) is 0 Å². The van der Waals surface area contributed by atoms with Crippen molar-refractivity contribution in [3.63, 3.8) is 0 Å². The van der Waals surface area contributed by atoms with E-state index in [0.29, 0.717) is 0 Å². The van der Waals surface area contributed by atoms with Crippen molar-refractivity contribution < 1.29 is 4.57 Å². The minimum atomic E-state index is 0.858. The van der Waals surface area contributed by atoms with Crippen LogP contribution in [0.15, 0.2) is 73.6 Å². The van der Waals surface area contributed by atoms with Gasteiger partial charge in [-0.25, -0.2) is 4.57 Å². The zero-order valence-corrected chi connectivity index (χ0v) is 13.4. The maximum atomic E-state index is 4.34. The summed E-state index contributed by atoms with van der Waals surface area (Å²) in [5.41, 5.74) is 8.34. The highest BCUT2D eigenvalue weighted by molar-refractivity contribution is 5.89. The van der Waals surface area contributed by atoms with Crippen LogP contribution in [-0.2, 0) is 6.54 Å². The van der Waals surface area contributed by atoms with Crippen LogP contribution in [0, 0.1) is 0 Å². The van der Waals surface area contributed by atoms with Crippen LogP contribution in [-0.4, -0.2) is 18.9 Å². The van der Waals surface area contributed by atoms with E-state index in [1.165, 1.54) is 22.5 Å². The lowest BCUT2D eigenvalue weighted by Gasteiger charge is -2.04. The Kier molecular flexibility index (Phi) is 2.34. The zero-order chi connectivity index (χ0) is 16.4. The molecule has 0 unspecified atom stereocenters. The second kappa shape index (κ2) is 4.54. The number of para-hydroxylation sites is 1. The highest BCUT2D eigenvalue weighted by atomic mass is 15.2.